The van der Waals surface area contributed by atoms with Gasteiger partial charge in [0.2, 0.25) is 5.91 Å². The molecular weight excluding hydrogens is 332 g/mol. The number of hydrogen-bond donors (Lipinski definition) is 2. The lowest BCUT2D eigenvalue weighted by Gasteiger charge is -2.24. The van der Waals surface area contributed by atoms with Crippen LogP contribution in [0, 0.1) is 0 Å². The molecule has 7 heteroatoms. The Labute approximate surface area is 149 Å². The van der Waals surface area contributed by atoms with E-state index in [0.717, 1.165) is 0 Å². The molecule has 1 amide bonds. The minimum Gasteiger partial charge on any atom is -0.493 e. The molecule has 0 unspecified atom stereocenters. The van der Waals surface area contributed by atoms with Gasteiger partial charge < -0.3 is 20.5 Å². The maximum absolute atomic E-state index is 11.8. The van der Waals surface area contributed by atoms with Crippen LogP contribution in [0.3, 0.4) is 0 Å². The Bertz CT molecular complexity index is 562. The van der Waals surface area contributed by atoms with Crippen LogP contribution in [-0.2, 0) is 4.79 Å². The van der Waals surface area contributed by atoms with Crippen LogP contribution in [0.1, 0.15) is 44.0 Å². The second-order valence-corrected chi connectivity index (χ2v) is 6.01. The van der Waals surface area contributed by atoms with Crippen molar-refractivity contribution in [3.63, 3.8) is 0 Å². The Kier molecular flexibility index (Phi) is 9.40. The Morgan fingerprint density at radius 3 is 2.46 bits per heavy atom. The van der Waals surface area contributed by atoms with Gasteiger partial charge >= 0.3 is 0 Å². The molecule has 136 valence electrons. The Hall–Kier alpha value is -1.79. The normalized spacial score (nSPS) is 10.5. The van der Waals surface area contributed by atoms with Gasteiger partial charge in [-0.3, -0.25) is 9.59 Å². The molecule has 6 nitrogen and oxygen atoms in total. The summed E-state index contributed by atoms with van der Waals surface area (Å²) in [4.78, 5) is 23.1. The number of ether oxygens (including phenoxy) is 2. The van der Waals surface area contributed by atoms with Crippen molar-refractivity contribution in [2.45, 2.75) is 39.2 Å². The van der Waals surface area contributed by atoms with Crippen molar-refractivity contribution < 1.29 is 19.1 Å². The molecule has 0 atom stereocenters. The zero-order valence-electron chi connectivity index (χ0n) is 14.7. The van der Waals surface area contributed by atoms with Gasteiger partial charge in [-0.25, -0.2) is 0 Å². The fourth-order valence-electron chi connectivity index (χ4n) is 1.91. The van der Waals surface area contributed by atoms with Crippen LogP contribution in [-0.4, -0.2) is 37.5 Å². The largest absolute Gasteiger partial charge is 0.493 e. The van der Waals surface area contributed by atoms with E-state index in [1.165, 1.54) is 14.0 Å². The second-order valence-electron chi connectivity index (χ2n) is 6.01. The minimum atomic E-state index is -0.399. The van der Waals surface area contributed by atoms with E-state index < -0.39 is 5.54 Å². The molecule has 0 heterocycles. The van der Waals surface area contributed by atoms with Gasteiger partial charge in [0.05, 0.1) is 13.7 Å². The fraction of sp³-hybridized carbons (Fsp3) is 0.529. The predicted octanol–water partition coefficient (Wildman–Crippen LogP) is 2.33. The number of nitrogens with two attached hydrogens (primary N) is 1. The fourth-order valence-corrected chi connectivity index (χ4v) is 1.91. The Balaban J connectivity index is 0.00000529. The van der Waals surface area contributed by atoms with E-state index in [9.17, 15) is 9.59 Å². The molecule has 0 fully saturated rings. The highest BCUT2D eigenvalue weighted by atomic mass is 35.5. The summed E-state index contributed by atoms with van der Waals surface area (Å²) < 4.78 is 10.9. The van der Waals surface area contributed by atoms with Crippen LogP contribution < -0.4 is 20.5 Å². The van der Waals surface area contributed by atoms with Crippen molar-refractivity contribution in [1.82, 2.24) is 5.32 Å². The van der Waals surface area contributed by atoms with Crippen molar-refractivity contribution in [1.29, 1.82) is 0 Å². The van der Waals surface area contributed by atoms with E-state index in [2.05, 4.69) is 5.32 Å². The standard InChI is InChI=1S/C17H26N2O4.ClH/c1-12(20)13-7-8-14(15(10-13)22-4)23-9-5-6-16(21)19-17(2,3)11-18;/h7-8,10H,5-6,9,11,18H2,1-4H3,(H,19,21);1H. The Morgan fingerprint density at radius 2 is 1.92 bits per heavy atom. The number of amides is 1. The zero-order chi connectivity index (χ0) is 17.5. The number of benzene rings is 1. The van der Waals surface area contributed by atoms with Crippen molar-refractivity contribution in [3.05, 3.63) is 23.8 Å². The van der Waals surface area contributed by atoms with Gasteiger partial charge in [0.15, 0.2) is 17.3 Å². The van der Waals surface area contributed by atoms with E-state index >= 15 is 0 Å². The van der Waals surface area contributed by atoms with E-state index in [-0.39, 0.29) is 24.1 Å². The number of methoxy groups -OCH3 is 1. The molecule has 0 saturated carbocycles. The van der Waals surface area contributed by atoms with Gasteiger partial charge in [0.25, 0.3) is 0 Å². The number of carbonyl (C=O) groups is 2. The highest BCUT2D eigenvalue weighted by Gasteiger charge is 2.17. The number of ketones is 1. The first-order valence-electron chi connectivity index (χ1n) is 7.62. The second kappa shape index (κ2) is 10.2. The van der Waals surface area contributed by atoms with Gasteiger partial charge in [-0.2, -0.15) is 0 Å². The number of halogens is 1. The smallest absolute Gasteiger partial charge is 0.220 e. The van der Waals surface area contributed by atoms with Crippen LogP contribution >= 0.6 is 12.4 Å². The van der Waals surface area contributed by atoms with Crippen molar-refractivity contribution >= 4 is 24.1 Å². The Morgan fingerprint density at radius 1 is 1.25 bits per heavy atom. The first-order chi connectivity index (χ1) is 10.8. The number of nitrogens with one attached hydrogen (secondary N) is 1. The zero-order valence-corrected chi connectivity index (χ0v) is 15.5. The summed E-state index contributed by atoms with van der Waals surface area (Å²) in [6, 6.07) is 5.04. The number of carbonyl (C=O) groups excluding carboxylic acids is 2. The average molecular weight is 359 g/mol. The van der Waals surface area contributed by atoms with Gasteiger partial charge in [-0.1, -0.05) is 0 Å². The van der Waals surface area contributed by atoms with Crippen LogP contribution in [0.2, 0.25) is 0 Å². The summed E-state index contributed by atoms with van der Waals surface area (Å²) >= 11 is 0. The highest BCUT2D eigenvalue weighted by Crippen LogP contribution is 2.28. The van der Waals surface area contributed by atoms with Crippen LogP contribution in [0.15, 0.2) is 18.2 Å². The maximum Gasteiger partial charge on any atom is 0.220 e. The van der Waals surface area contributed by atoms with Crippen LogP contribution in [0.5, 0.6) is 11.5 Å². The molecule has 0 aliphatic heterocycles. The van der Waals surface area contributed by atoms with Crippen molar-refractivity contribution in [2.24, 2.45) is 5.73 Å². The van der Waals surface area contributed by atoms with E-state index in [1.807, 2.05) is 13.8 Å². The average Bonchev–Trinajstić information content (AvgIpc) is 2.51. The number of hydrogen-bond acceptors (Lipinski definition) is 5. The van der Waals surface area contributed by atoms with Gasteiger partial charge in [-0.15, -0.1) is 12.4 Å². The molecule has 0 aliphatic carbocycles. The molecule has 0 radical (unpaired) electrons. The highest BCUT2D eigenvalue weighted by molar-refractivity contribution is 5.94. The molecular formula is C17H27ClN2O4. The molecule has 0 saturated heterocycles. The lowest BCUT2D eigenvalue weighted by atomic mass is 10.1. The molecule has 24 heavy (non-hydrogen) atoms. The summed E-state index contributed by atoms with van der Waals surface area (Å²) in [5.74, 6) is 0.976. The van der Waals surface area contributed by atoms with Crippen LogP contribution in [0.4, 0.5) is 0 Å². The summed E-state index contributed by atoms with van der Waals surface area (Å²) in [6.45, 7) is 6.02. The molecule has 0 aromatic heterocycles. The molecule has 1 aromatic carbocycles. The van der Waals surface area contributed by atoms with Gasteiger partial charge in [0.1, 0.15) is 0 Å². The lowest BCUT2D eigenvalue weighted by Crippen LogP contribution is -2.48. The molecule has 1 aromatic rings. The molecule has 1 rings (SSSR count). The summed E-state index contributed by atoms with van der Waals surface area (Å²) in [5, 5.41) is 2.87. The van der Waals surface area contributed by atoms with Gasteiger partial charge in [-0.05, 0) is 45.4 Å². The van der Waals surface area contributed by atoms with Crippen LogP contribution in [0.25, 0.3) is 0 Å². The summed E-state index contributed by atoms with van der Waals surface area (Å²) in [5.41, 5.74) is 5.74. The molecule has 0 bridgehead atoms. The molecule has 3 N–H and O–H groups in total. The maximum atomic E-state index is 11.8. The first kappa shape index (κ1) is 22.2. The first-order valence-corrected chi connectivity index (χ1v) is 7.62. The van der Waals surface area contributed by atoms with E-state index in [1.54, 1.807) is 18.2 Å². The summed E-state index contributed by atoms with van der Waals surface area (Å²) in [6.07, 6.45) is 0.932. The monoisotopic (exact) mass is 358 g/mol. The van der Waals surface area contributed by atoms with Gasteiger partial charge in [0, 0.05) is 24.1 Å². The van der Waals surface area contributed by atoms with Crippen molar-refractivity contribution in [2.75, 3.05) is 20.3 Å². The number of rotatable bonds is 9. The lowest BCUT2D eigenvalue weighted by molar-refractivity contribution is -0.122. The predicted molar refractivity (Wildman–Crippen MR) is 96.3 cm³/mol. The third-order valence-corrected chi connectivity index (χ3v) is 3.36. The van der Waals surface area contributed by atoms with E-state index in [0.29, 0.717) is 43.1 Å². The minimum absolute atomic E-state index is 0. The summed E-state index contributed by atoms with van der Waals surface area (Å²) in [7, 11) is 1.52. The van der Waals surface area contributed by atoms with Crippen molar-refractivity contribution in [3.8, 4) is 11.5 Å². The SMILES string of the molecule is COc1cc(C(C)=O)ccc1OCCCC(=O)NC(C)(C)CN.Cl. The topological polar surface area (TPSA) is 90.6 Å². The third-order valence-electron chi connectivity index (χ3n) is 3.36. The van der Waals surface area contributed by atoms with E-state index in [4.69, 9.17) is 15.2 Å². The number of Topliss-reactive ketones (excluding diaryl/α,β-unsaturated/α-hetero) is 1. The molecule has 0 aliphatic rings. The quantitative estimate of drug-likeness (QED) is 0.522. The molecule has 0 spiro atoms. The third kappa shape index (κ3) is 7.19.